The van der Waals surface area contributed by atoms with Gasteiger partial charge < -0.3 is 5.73 Å². The topological polar surface area (TPSA) is 155 Å². The highest BCUT2D eigenvalue weighted by molar-refractivity contribution is 5.79. The maximum Gasteiger partial charge on any atom is 0.172 e. The van der Waals surface area contributed by atoms with Crippen LogP contribution in [0.15, 0.2) is 36.5 Å². The first-order valence-corrected chi connectivity index (χ1v) is 10.1. The number of tetrazole rings is 1. The van der Waals surface area contributed by atoms with E-state index in [0.717, 1.165) is 5.56 Å². The normalized spacial score (nSPS) is 11.7. The number of rotatable bonds is 6. The van der Waals surface area contributed by atoms with E-state index in [1.54, 1.807) is 22.6 Å². The molecule has 0 aliphatic rings. The lowest BCUT2D eigenvalue weighted by atomic mass is 9.95. The summed E-state index contributed by atoms with van der Waals surface area (Å²) in [6, 6.07) is 9.98. The average molecular weight is 435 g/mol. The molecule has 0 unspecified atom stereocenters. The number of hydrogen-bond donors (Lipinski definition) is 2. The van der Waals surface area contributed by atoms with Gasteiger partial charge >= 0.3 is 0 Å². The first kappa shape index (κ1) is 21.3. The van der Waals surface area contributed by atoms with Crippen molar-refractivity contribution in [2.45, 2.75) is 39.3 Å². The maximum absolute atomic E-state index is 6.54. The number of nitrogens with zero attached hydrogens (tertiary/aromatic N) is 10. The predicted octanol–water partition coefficient (Wildman–Crippen LogP) is 1.07. The Labute approximate surface area is 185 Å². The summed E-state index contributed by atoms with van der Waals surface area (Å²) in [4.78, 5) is 9.46. The number of hydrogen-bond acceptors (Lipinski definition) is 10. The minimum Gasteiger partial charge on any atom is -0.394 e. The number of aryl methyl sites for hydroxylation is 1. The molecule has 0 aliphatic carbocycles. The van der Waals surface area contributed by atoms with Gasteiger partial charge in [-0.25, -0.2) is 25.2 Å². The third-order valence-electron chi connectivity index (χ3n) is 4.92. The first-order valence-electron chi connectivity index (χ1n) is 10.1. The third kappa shape index (κ3) is 4.25. The predicted molar refractivity (Wildman–Crippen MR) is 119 cm³/mol. The lowest BCUT2D eigenvalue weighted by molar-refractivity contribution is 0.543. The van der Waals surface area contributed by atoms with E-state index in [2.05, 4.69) is 30.8 Å². The fourth-order valence-electron chi connectivity index (χ4n) is 3.13. The van der Waals surface area contributed by atoms with Crippen molar-refractivity contribution in [2.75, 3.05) is 10.7 Å². The van der Waals surface area contributed by atoms with Gasteiger partial charge in [-0.05, 0) is 16.0 Å². The van der Waals surface area contributed by atoms with Crippen molar-refractivity contribution >= 4 is 11.5 Å². The fourth-order valence-corrected chi connectivity index (χ4v) is 3.13. The zero-order chi connectivity index (χ0) is 22.9. The van der Waals surface area contributed by atoms with Crippen molar-refractivity contribution in [3.8, 4) is 11.4 Å². The zero-order valence-electron chi connectivity index (χ0n) is 18.5. The van der Waals surface area contributed by atoms with Crippen molar-refractivity contribution in [2.24, 2.45) is 12.9 Å². The summed E-state index contributed by atoms with van der Waals surface area (Å²) in [6.07, 6.45) is 1.64. The lowest BCUT2D eigenvalue weighted by Crippen LogP contribution is -2.34. The Hall–Kier alpha value is -3.93. The largest absolute Gasteiger partial charge is 0.394 e. The molecule has 166 valence electrons. The van der Waals surface area contributed by atoms with E-state index >= 15 is 0 Å². The Bertz CT molecular complexity index is 1210. The third-order valence-corrected chi connectivity index (χ3v) is 4.92. The van der Waals surface area contributed by atoms with Gasteiger partial charge in [-0.2, -0.15) is 0 Å². The summed E-state index contributed by atoms with van der Waals surface area (Å²) in [7, 11) is 1.74. The highest BCUT2D eigenvalue weighted by Crippen LogP contribution is 2.33. The Morgan fingerprint density at radius 3 is 2.47 bits per heavy atom. The van der Waals surface area contributed by atoms with Crippen LogP contribution in [0.4, 0.5) is 11.5 Å². The van der Waals surface area contributed by atoms with Crippen LogP contribution in [0.5, 0.6) is 0 Å². The van der Waals surface area contributed by atoms with Crippen molar-refractivity contribution in [3.63, 3.8) is 0 Å². The minimum atomic E-state index is -0.345. The SMILES string of the molecule is Cn1nnnc1CN(N)c1nc(C(C)(C)C)nc(-c2cnnn2Cc2ccccc2)c1N. The van der Waals surface area contributed by atoms with E-state index in [-0.39, 0.29) is 12.0 Å². The van der Waals surface area contributed by atoms with Gasteiger partial charge in [0.1, 0.15) is 22.9 Å². The fraction of sp³-hybridized carbons (Fsp3) is 0.350. The summed E-state index contributed by atoms with van der Waals surface area (Å²) in [5.41, 5.74) is 8.80. The molecule has 3 heterocycles. The van der Waals surface area contributed by atoms with Crippen molar-refractivity contribution < 1.29 is 0 Å². The highest BCUT2D eigenvalue weighted by atomic mass is 15.6. The molecule has 4 N–H and O–H groups in total. The van der Waals surface area contributed by atoms with Crippen molar-refractivity contribution in [1.82, 2.24) is 45.2 Å². The quantitative estimate of drug-likeness (QED) is 0.332. The molecule has 12 nitrogen and oxygen atoms in total. The Morgan fingerprint density at radius 2 is 1.81 bits per heavy atom. The second kappa shape index (κ2) is 8.30. The molecule has 0 saturated heterocycles. The molecule has 12 heteroatoms. The summed E-state index contributed by atoms with van der Waals surface area (Å²) in [5, 5.41) is 21.2. The van der Waals surface area contributed by atoms with E-state index in [9.17, 15) is 0 Å². The van der Waals surface area contributed by atoms with E-state index in [4.69, 9.17) is 16.6 Å². The number of nitrogens with two attached hydrogens (primary N) is 2. The van der Waals surface area contributed by atoms with Gasteiger partial charge in [-0.15, -0.1) is 10.2 Å². The Kier molecular flexibility index (Phi) is 5.53. The Balaban J connectivity index is 1.78. The number of anilines is 2. The molecule has 0 spiro atoms. The van der Waals surface area contributed by atoms with Gasteiger partial charge in [0.15, 0.2) is 11.6 Å². The van der Waals surface area contributed by atoms with E-state index in [0.29, 0.717) is 41.1 Å². The van der Waals surface area contributed by atoms with Crippen LogP contribution < -0.4 is 16.6 Å². The summed E-state index contributed by atoms with van der Waals surface area (Å²) in [5.74, 6) is 7.92. The molecule has 0 saturated carbocycles. The zero-order valence-corrected chi connectivity index (χ0v) is 18.5. The van der Waals surface area contributed by atoms with Gasteiger partial charge in [0.05, 0.1) is 19.3 Å². The molecule has 0 radical (unpaired) electrons. The number of nitrogen functional groups attached to an aromatic ring is 1. The van der Waals surface area contributed by atoms with Crippen LogP contribution >= 0.6 is 0 Å². The van der Waals surface area contributed by atoms with Crippen LogP contribution in [0.25, 0.3) is 11.4 Å². The molecule has 4 aromatic rings. The smallest absolute Gasteiger partial charge is 0.172 e. The standard InChI is InChI=1S/C20H26N12/c1-20(2,3)19-24-17(14-10-23-28-32(14)11-13-8-6-5-7-9-13)16(21)18(25-19)31(22)12-15-26-27-29-30(15)4/h5-10H,11-12,21-22H2,1-4H3. The molecule has 0 fully saturated rings. The minimum absolute atomic E-state index is 0.218. The van der Waals surface area contributed by atoms with Gasteiger partial charge in [-0.1, -0.05) is 56.3 Å². The highest BCUT2D eigenvalue weighted by Gasteiger charge is 2.26. The molecule has 0 aliphatic heterocycles. The monoisotopic (exact) mass is 434 g/mol. The molecule has 0 bridgehead atoms. The molecule has 32 heavy (non-hydrogen) atoms. The first-order chi connectivity index (χ1) is 15.2. The molecule has 0 amide bonds. The Morgan fingerprint density at radius 1 is 1.06 bits per heavy atom. The number of hydrazine groups is 1. The molecule has 0 atom stereocenters. The van der Waals surface area contributed by atoms with E-state index in [1.165, 1.54) is 5.01 Å². The maximum atomic E-state index is 6.54. The van der Waals surface area contributed by atoms with Crippen molar-refractivity contribution in [3.05, 3.63) is 53.7 Å². The van der Waals surface area contributed by atoms with Crippen molar-refractivity contribution in [1.29, 1.82) is 0 Å². The summed E-state index contributed by atoms with van der Waals surface area (Å²) < 4.78 is 3.30. The molecule has 1 aromatic carbocycles. The van der Waals surface area contributed by atoms with Crippen LogP contribution in [-0.4, -0.2) is 45.2 Å². The van der Waals surface area contributed by atoms with Crippen LogP contribution in [0.1, 0.15) is 38.0 Å². The van der Waals surface area contributed by atoms with Gasteiger partial charge in [0.25, 0.3) is 0 Å². The van der Waals surface area contributed by atoms with Crippen LogP contribution in [-0.2, 0) is 25.6 Å². The van der Waals surface area contributed by atoms with E-state index in [1.807, 2.05) is 51.1 Å². The lowest BCUT2D eigenvalue weighted by Gasteiger charge is -2.24. The average Bonchev–Trinajstić information content (AvgIpc) is 3.37. The van der Waals surface area contributed by atoms with Crippen LogP contribution in [0.3, 0.4) is 0 Å². The second-order valence-corrected chi connectivity index (χ2v) is 8.49. The van der Waals surface area contributed by atoms with Gasteiger partial charge in [-0.3, -0.25) is 5.01 Å². The van der Waals surface area contributed by atoms with Crippen LogP contribution in [0, 0.1) is 0 Å². The molecular formula is C20H26N12. The number of aromatic nitrogens is 9. The van der Waals surface area contributed by atoms with Gasteiger partial charge in [0.2, 0.25) is 0 Å². The second-order valence-electron chi connectivity index (χ2n) is 8.49. The van der Waals surface area contributed by atoms with Crippen LogP contribution in [0.2, 0.25) is 0 Å². The molecule has 3 aromatic heterocycles. The molecule has 4 rings (SSSR count). The van der Waals surface area contributed by atoms with Gasteiger partial charge in [0, 0.05) is 12.5 Å². The summed E-state index contributed by atoms with van der Waals surface area (Å²) >= 11 is 0. The molecular weight excluding hydrogens is 408 g/mol. The summed E-state index contributed by atoms with van der Waals surface area (Å²) in [6.45, 7) is 6.82. The number of benzene rings is 1. The van der Waals surface area contributed by atoms with E-state index < -0.39 is 0 Å².